The molecule has 4 aliphatic rings. The Kier molecular flexibility index (Phi) is 3.70. The van der Waals surface area contributed by atoms with Crippen LogP contribution in [0.15, 0.2) is 60.7 Å². The van der Waals surface area contributed by atoms with E-state index in [2.05, 4.69) is 47.4 Å². The molecule has 0 amide bonds. The first kappa shape index (κ1) is 17.3. The molecule has 0 N–H and O–H groups in total. The van der Waals surface area contributed by atoms with E-state index < -0.39 is 0 Å². The van der Waals surface area contributed by atoms with Crippen molar-refractivity contribution in [3.05, 3.63) is 92.5 Å². The molecule has 6 rings (SSSR count). The average Bonchev–Trinajstić information content (AvgIpc) is 3.37. The number of nitrogens with zero attached hydrogens (tertiary/aromatic N) is 2. The van der Waals surface area contributed by atoms with Gasteiger partial charge in [-0.3, -0.25) is 10.1 Å². The van der Waals surface area contributed by atoms with E-state index >= 15 is 0 Å². The van der Waals surface area contributed by atoms with Crippen molar-refractivity contribution in [1.82, 2.24) is 0 Å². The number of nitro benzene ring substituents is 1. The number of fused-ring (bicyclic) bond motifs is 4. The number of rotatable bonds is 2. The zero-order chi connectivity index (χ0) is 19.7. The molecule has 0 saturated heterocycles. The summed E-state index contributed by atoms with van der Waals surface area (Å²) in [6, 6.07) is 11.7. The van der Waals surface area contributed by atoms with Crippen molar-refractivity contribution in [2.75, 3.05) is 11.4 Å². The molecule has 2 aromatic rings. The summed E-state index contributed by atoms with van der Waals surface area (Å²) in [5.74, 6) is 1.65. The lowest BCUT2D eigenvalue weighted by Gasteiger charge is -2.51. The Morgan fingerprint density at radius 1 is 1.03 bits per heavy atom. The SMILES string of the molecule is O=[N+]([O-])c1cccc([C@@H]2[C@@H]3CC=C[C@@H]3c3cc(Cl)cc4c3N2C[C@@H]2CC=C[C@@H]42)c1. The van der Waals surface area contributed by atoms with Gasteiger partial charge in [0.05, 0.1) is 11.0 Å². The highest BCUT2D eigenvalue weighted by Crippen LogP contribution is 2.59. The molecule has 0 aromatic heterocycles. The van der Waals surface area contributed by atoms with Crippen LogP contribution in [-0.4, -0.2) is 11.5 Å². The minimum Gasteiger partial charge on any atom is -0.363 e. The molecule has 2 aliphatic heterocycles. The van der Waals surface area contributed by atoms with Gasteiger partial charge >= 0.3 is 0 Å². The van der Waals surface area contributed by atoms with Crippen molar-refractivity contribution in [2.24, 2.45) is 11.8 Å². The minimum atomic E-state index is -0.289. The van der Waals surface area contributed by atoms with E-state index in [0.29, 0.717) is 23.7 Å². The van der Waals surface area contributed by atoms with Gasteiger partial charge in [-0.2, -0.15) is 0 Å². The van der Waals surface area contributed by atoms with Crippen LogP contribution in [0.3, 0.4) is 0 Å². The fourth-order valence-corrected chi connectivity index (χ4v) is 6.37. The highest BCUT2D eigenvalue weighted by Gasteiger charge is 2.47. The van der Waals surface area contributed by atoms with Crippen LogP contribution in [0, 0.1) is 22.0 Å². The quantitative estimate of drug-likeness (QED) is 0.343. The number of hydrogen-bond acceptors (Lipinski definition) is 3. The van der Waals surface area contributed by atoms with E-state index in [0.717, 1.165) is 30.0 Å². The average molecular weight is 405 g/mol. The summed E-state index contributed by atoms with van der Waals surface area (Å²) in [7, 11) is 0. The maximum Gasteiger partial charge on any atom is 0.269 e. The number of nitro groups is 1. The van der Waals surface area contributed by atoms with Crippen molar-refractivity contribution in [1.29, 1.82) is 0 Å². The predicted octanol–water partition coefficient (Wildman–Crippen LogP) is 6.14. The second kappa shape index (κ2) is 6.20. The largest absolute Gasteiger partial charge is 0.363 e. The highest BCUT2D eigenvalue weighted by molar-refractivity contribution is 6.30. The number of anilines is 1. The Morgan fingerprint density at radius 3 is 2.62 bits per heavy atom. The van der Waals surface area contributed by atoms with Crippen LogP contribution in [0.2, 0.25) is 5.02 Å². The molecule has 2 aliphatic carbocycles. The summed E-state index contributed by atoms with van der Waals surface area (Å²) in [4.78, 5) is 13.7. The van der Waals surface area contributed by atoms with Crippen molar-refractivity contribution >= 4 is 23.0 Å². The van der Waals surface area contributed by atoms with Gasteiger partial charge in [0, 0.05) is 41.2 Å². The van der Waals surface area contributed by atoms with Gasteiger partial charge in [0.2, 0.25) is 0 Å². The van der Waals surface area contributed by atoms with Gasteiger partial charge in [-0.1, -0.05) is 48.0 Å². The molecule has 2 heterocycles. The summed E-state index contributed by atoms with van der Waals surface area (Å²) in [5.41, 5.74) is 5.18. The molecule has 29 heavy (non-hydrogen) atoms. The normalized spacial score (nSPS) is 30.8. The second-order valence-electron chi connectivity index (χ2n) is 8.69. The Morgan fingerprint density at radius 2 is 1.79 bits per heavy atom. The second-order valence-corrected chi connectivity index (χ2v) is 9.12. The number of halogens is 1. The molecule has 0 spiro atoms. The molecule has 2 aromatic carbocycles. The summed E-state index contributed by atoms with van der Waals surface area (Å²) >= 11 is 6.58. The molecule has 0 fully saturated rings. The third-order valence-electron chi connectivity index (χ3n) is 7.24. The number of allylic oxidation sites excluding steroid dienone is 4. The Bertz CT molecular complexity index is 1080. The molecule has 4 nitrogen and oxygen atoms in total. The Hall–Kier alpha value is -2.59. The first-order valence-corrected chi connectivity index (χ1v) is 10.7. The first-order chi connectivity index (χ1) is 14.1. The predicted molar refractivity (Wildman–Crippen MR) is 115 cm³/mol. The molecular weight excluding hydrogens is 384 g/mol. The zero-order valence-corrected chi connectivity index (χ0v) is 16.6. The van der Waals surface area contributed by atoms with Crippen molar-refractivity contribution in [3.63, 3.8) is 0 Å². The summed E-state index contributed by atoms with van der Waals surface area (Å²) < 4.78 is 0. The van der Waals surface area contributed by atoms with Crippen molar-refractivity contribution < 1.29 is 4.92 Å². The molecule has 5 atom stereocenters. The van der Waals surface area contributed by atoms with E-state index in [1.807, 2.05) is 6.07 Å². The summed E-state index contributed by atoms with van der Waals surface area (Å²) in [5, 5.41) is 12.2. The lowest BCUT2D eigenvalue weighted by molar-refractivity contribution is -0.384. The van der Waals surface area contributed by atoms with Crippen LogP contribution in [0.25, 0.3) is 0 Å². The topological polar surface area (TPSA) is 46.4 Å². The van der Waals surface area contributed by atoms with Gasteiger partial charge in [-0.25, -0.2) is 0 Å². The summed E-state index contributed by atoms with van der Waals surface area (Å²) in [6.07, 6.45) is 11.3. The van der Waals surface area contributed by atoms with Crippen LogP contribution in [0.5, 0.6) is 0 Å². The van der Waals surface area contributed by atoms with Crippen LogP contribution in [0.4, 0.5) is 11.4 Å². The van der Waals surface area contributed by atoms with Crippen molar-refractivity contribution in [3.8, 4) is 0 Å². The van der Waals surface area contributed by atoms with Gasteiger partial charge in [0.1, 0.15) is 0 Å². The molecule has 0 radical (unpaired) electrons. The molecule has 5 heteroatoms. The third-order valence-corrected chi connectivity index (χ3v) is 7.46. The third kappa shape index (κ3) is 2.45. The summed E-state index contributed by atoms with van der Waals surface area (Å²) in [6.45, 7) is 0.982. The molecule has 0 unspecified atom stereocenters. The van der Waals surface area contributed by atoms with Gasteiger partial charge in [-0.05, 0) is 53.5 Å². The van der Waals surface area contributed by atoms with Crippen molar-refractivity contribution in [2.45, 2.75) is 30.7 Å². The van der Waals surface area contributed by atoms with E-state index in [4.69, 9.17) is 11.6 Å². The zero-order valence-electron chi connectivity index (χ0n) is 15.9. The van der Waals surface area contributed by atoms with Gasteiger partial charge in [0.15, 0.2) is 0 Å². The highest BCUT2D eigenvalue weighted by atomic mass is 35.5. The fraction of sp³-hybridized carbons (Fsp3) is 0.333. The van der Waals surface area contributed by atoms with E-state index in [9.17, 15) is 10.1 Å². The number of non-ortho nitro benzene ring substituents is 1. The van der Waals surface area contributed by atoms with Crippen LogP contribution in [-0.2, 0) is 0 Å². The molecule has 0 saturated carbocycles. The van der Waals surface area contributed by atoms with Crippen LogP contribution >= 0.6 is 11.6 Å². The maximum absolute atomic E-state index is 11.4. The standard InChI is InChI=1S/C24H21ClN2O2/c25-16-11-21-18-7-2-5-15(18)13-26-23(14-4-1-6-17(10-14)27(28)29)20-9-3-8-19(20)22(12-16)24(21)26/h1-4,6-8,10-12,15,18-20,23H,5,9,13H2/t15-,18+,19-,20+,23+/m0/s1. The van der Waals surface area contributed by atoms with Gasteiger partial charge in [0.25, 0.3) is 5.69 Å². The lowest BCUT2D eigenvalue weighted by atomic mass is 9.70. The van der Waals surface area contributed by atoms with E-state index in [1.54, 1.807) is 12.1 Å². The number of benzene rings is 2. The van der Waals surface area contributed by atoms with Crippen LogP contribution < -0.4 is 4.90 Å². The Balaban J connectivity index is 1.57. The fourth-order valence-electron chi connectivity index (χ4n) is 6.14. The van der Waals surface area contributed by atoms with Gasteiger partial charge in [-0.15, -0.1) is 0 Å². The molecule has 146 valence electrons. The monoisotopic (exact) mass is 404 g/mol. The van der Waals surface area contributed by atoms with E-state index in [-0.39, 0.29) is 16.7 Å². The van der Waals surface area contributed by atoms with Gasteiger partial charge < -0.3 is 4.90 Å². The Labute approximate surface area is 174 Å². The first-order valence-electron chi connectivity index (χ1n) is 10.3. The minimum absolute atomic E-state index is 0.142. The molecular formula is C24H21ClN2O2. The smallest absolute Gasteiger partial charge is 0.269 e. The van der Waals surface area contributed by atoms with E-state index in [1.165, 1.54) is 16.8 Å². The number of hydrogen-bond donors (Lipinski definition) is 0. The molecule has 0 bridgehead atoms. The van der Waals surface area contributed by atoms with Crippen LogP contribution in [0.1, 0.15) is 47.4 Å². The lowest BCUT2D eigenvalue weighted by Crippen LogP contribution is -2.46. The maximum atomic E-state index is 11.4.